The molecule has 1 aromatic rings. The summed E-state index contributed by atoms with van der Waals surface area (Å²) < 4.78 is 24.5. The summed E-state index contributed by atoms with van der Waals surface area (Å²) in [6.07, 6.45) is 0. The minimum absolute atomic E-state index is 0.177. The Labute approximate surface area is 81.1 Å². The van der Waals surface area contributed by atoms with E-state index in [1.807, 2.05) is 0 Å². The minimum Gasteiger partial charge on any atom is -0.740 e. The van der Waals surface area contributed by atoms with Crippen LogP contribution in [0.2, 0.25) is 0 Å². The summed E-state index contributed by atoms with van der Waals surface area (Å²) in [5.74, 6) is -0.400. The van der Waals surface area contributed by atoms with Gasteiger partial charge in [-0.15, -0.1) is 0 Å². The lowest BCUT2D eigenvalue weighted by Crippen LogP contribution is -2.02. The van der Waals surface area contributed by atoms with Crippen LogP contribution in [0.5, 0.6) is 5.75 Å². The van der Waals surface area contributed by atoms with Crippen molar-refractivity contribution in [2.24, 2.45) is 0 Å². The number of nitro groups is 1. The van der Waals surface area contributed by atoms with Gasteiger partial charge in [-0.1, -0.05) is 0 Å². The number of rotatable bonds is 3. The first-order valence-corrected chi connectivity index (χ1v) is 4.32. The van der Waals surface area contributed by atoms with E-state index >= 15 is 0 Å². The van der Waals surface area contributed by atoms with Crippen LogP contribution in [-0.2, 0) is 11.4 Å². The maximum Gasteiger partial charge on any atom is 0.312 e. The van der Waals surface area contributed by atoms with Gasteiger partial charge < -0.3 is 14.5 Å². The smallest absolute Gasteiger partial charge is 0.312 e. The van der Waals surface area contributed by atoms with Crippen LogP contribution < -0.4 is 9.92 Å². The number of nitrogen functional groups attached to an aromatic ring is 1. The first-order valence-electron chi connectivity index (χ1n) is 3.32. The molecule has 0 aliphatic rings. The molecule has 0 amide bonds. The van der Waals surface area contributed by atoms with Gasteiger partial charge in [0.25, 0.3) is 0 Å². The largest absolute Gasteiger partial charge is 0.740 e. The SMILES string of the molecule is Nc1ccc([N+](=O)[O-])c(OS(=O)[O-])c1. The van der Waals surface area contributed by atoms with Crippen LogP contribution in [-0.4, -0.2) is 13.7 Å². The molecule has 76 valence electrons. The first kappa shape index (κ1) is 10.4. The maximum atomic E-state index is 10.4. The topological polar surface area (TPSA) is 119 Å². The third kappa shape index (κ3) is 2.41. The second-order valence-electron chi connectivity index (χ2n) is 2.27. The average Bonchev–Trinajstić information content (AvgIpc) is 2.01. The van der Waals surface area contributed by atoms with Crippen LogP contribution in [0.15, 0.2) is 18.2 Å². The highest BCUT2D eigenvalue weighted by Crippen LogP contribution is 2.29. The molecule has 7 nitrogen and oxygen atoms in total. The molecule has 0 fully saturated rings. The van der Waals surface area contributed by atoms with Crippen molar-refractivity contribution in [3.8, 4) is 5.75 Å². The zero-order valence-corrected chi connectivity index (χ0v) is 7.52. The standard InChI is InChI=1S/C6H6N2O5S/c7-4-1-2-5(8(9)10)6(3-4)13-14(11)12/h1-3H,7H2,(H,11,12)/p-1. The first-order chi connectivity index (χ1) is 6.50. The Morgan fingerprint density at radius 1 is 1.50 bits per heavy atom. The maximum absolute atomic E-state index is 10.4. The number of anilines is 1. The summed E-state index contributed by atoms with van der Waals surface area (Å²) in [6.45, 7) is 0. The van der Waals surface area contributed by atoms with E-state index in [0.717, 1.165) is 12.1 Å². The van der Waals surface area contributed by atoms with E-state index in [-0.39, 0.29) is 5.69 Å². The Kier molecular flexibility index (Phi) is 2.99. The molecule has 1 rings (SSSR count). The molecule has 0 radical (unpaired) electrons. The van der Waals surface area contributed by atoms with Crippen LogP contribution in [0, 0.1) is 10.1 Å². The van der Waals surface area contributed by atoms with Gasteiger partial charge >= 0.3 is 5.69 Å². The molecule has 14 heavy (non-hydrogen) atoms. The minimum atomic E-state index is -2.86. The van der Waals surface area contributed by atoms with E-state index in [1.54, 1.807) is 0 Å². The van der Waals surface area contributed by atoms with Crippen LogP contribution in [0.25, 0.3) is 0 Å². The lowest BCUT2D eigenvalue weighted by Gasteiger charge is -2.07. The molecule has 0 bridgehead atoms. The van der Waals surface area contributed by atoms with E-state index in [1.165, 1.54) is 6.07 Å². The summed E-state index contributed by atoms with van der Waals surface area (Å²) in [6, 6.07) is 3.41. The lowest BCUT2D eigenvalue weighted by molar-refractivity contribution is -0.385. The Hall–Kier alpha value is -1.67. The molecule has 1 unspecified atom stereocenters. The normalized spacial score (nSPS) is 12.1. The van der Waals surface area contributed by atoms with Gasteiger partial charge in [-0.25, -0.2) is 4.21 Å². The van der Waals surface area contributed by atoms with E-state index in [2.05, 4.69) is 4.18 Å². The second-order valence-corrected chi connectivity index (χ2v) is 2.85. The quantitative estimate of drug-likeness (QED) is 0.337. The fourth-order valence-corrected chi connectivity index (χ4v) is 1.10. The number of nitro benzene ring substituents is 1. The highest BCUT2D eigenvalue weighted by Gasteiger charge is 2.15. The predicted octanol–water partition coefficient (Wildman–Crippen LogP) is 0.350. The number of benzene rings is 1. The molecule has 1 atom stereocenters. The Balaban J connectivity index is 3.15. The Morgan fingerprint density at radius 3 is 2.64 bits per heavy atom. The molecular weight excluding hydrogens is 212 g/mol. The molecular formula is C6H5N2O5S-. The second kappa shape index (κ2) is 4.03. The summed E-state index contributed by atoms with van der Waals surface area (Å²) in [7, 11) is 0. The fourth-order valence-electron chi connectivity index (χ4n) is 0.822. The fraction of sp³-hybridized carbons (Fsp3) is 0. The van der Waals surface area contributed by atoms with Gasteiger partial charge in [0, 0.05) is 17.8 Å². The monoisotopic (exact) mass is 217 g/mol. The molecule has 0 spiro atoms. The molecule has 1 aromatic carbocycles. The summed E-state index contributed by atoms with van der Waals surface area (Å²) in [5, 5.41) is 10.4. The van der Waals surface area contributed by atoms with Crippen molar-refractivity contribution in [1.82, 2.24) is 0 Å². The van der Waals surface area contributed by atoms with Crippen LogP contribution in [0.4, 0.5) is 11.4 Å². The predicted molar refractivity (Wildman–Crippen MR) is 47.1 cm³/mol. The Morgan fingerprint density at radius 2 is 2.14 bits per heavy atom. The molecule has 0 saturated heterocycles. The third-order valence-corrected chi connectivity index (χ3v) is 1.65. The molecule has 0 aliphatic carbocycles. The van der Waals surface area contributed by atoms with Crippen LogP contribution in [0.1, 0.15) is 0 Å². The number of hydrogen-bond donors (Lipinski definition) is 1. The van der Waals surface area contributed by atoms with Crippen molar-refractivity contribution in [2.45, 2.75) is 0 Å². The van der Waals surface area contributed by atoms with Crippen LogP contribution in [0.3, 0.4) is 0 Å². The molecule has 0 saturated carbocycles. The average molecular weight is 217 g/mol. The van der Waals surface area contributed by atoms with E-state index in [9.17, 15) is 18.9 Å². The summed E-state index contributed by atoms with van der Waals surface area (Å²) in [5.41, 5.74) is 5.02. The van der Waals surface area contributed by atoms with Crippen molar-refractivity contribution < 1.29 is 17.9 Å². The van der Waals surface area contributed by atoms with Crippen molar-refractivity contribution in [3.05, 3.63) is 28.3 Å². The number of nitrogens with two attached hydrogens (primary N) is 1. The number of nitrogens with zero attached hydrogens (tertiary/aromatic N) is 1. The van der Waals surface area contributed by atoms with Gasteiger partial charge in [-0.2, -0.15) is 0 Å². The number of hydrogen-bond acceptors (Lipinski definition) is 6. The summed E-state index contributed by atoms with van der Waals surface area (Å²) in [4.78, 5) is 9.64. The van der Waals surface area contributed by atoms with Gasteiger partial charge in [0.1, 0.15) is 11.4 Å². The van der Waals surface area contributed by atoms with Crippen molar-refractivity contribution in [2.75, 3.05) is 5.73 Å². The molecule has 2 N–H and O–H groups in total. The van der Waals surface area contributed by atoms with Crippen molar-refractivity contribution in [1.29, 1.82) is 0 Å². The molecule has 0 aromatic heterocycles. The van der Waals surface area contributed by atoms with Gasteiger partial charge in [0.15, 0.2) is 0 Å². The van der Waals surface area contributed by atoms with E-state index < -0.39 is 27.7 Å². The van der Waals surface area contributed by atoms with Crippen molar-refractivity contribution >= 4 is 22.7 Å². The molecule has 8 heteroatoms. The van der Waals surface area contributed by atoms with Crippen LogP contribution >= 0.6 is 0 Å². The summed E-state index contributed by atoms with van der Waals surface area (Å²) >= 11 is -2.86. The van der Waals surface area contributed by atoms with E-state index in [0.29, 0.717) is 0 Å². The zero-order valence-electron chi connectivity index (χ0n) is 6.71. The molecule has 0 heterocycles. The van der Waals surface area contributed by atoms with Crippen molar-refractivity contribution in [3.63, 3.8) is 0 Å². The Bertz CT molecular complexity index is 394. The molecule has 0 aliphatic heterocycles. The highest BCUT2D eigenvalue weighted by molar-refractivity contribution is 7.74. The van der Waals surface area contributed by atoms with E-state index in [4.69, 9.17) is 5.73 Å². The van der Waals surface area contributed by atoms with Gasteiger partial charge in [0.2, 0.25) is 5.75 Å². The third-order valence-electron chi connectivity index (χ3n) is 1.34. The van der Waals surface area contributed by atoms with Gasteiger partial charge in [-0.05, 0) is 6.07 Å². The van der Waals surface area contributed by atoms with Gasteiger partial charge in [0.05, 0.1) is 4.92 Å². The lowest BCUT2D eigenvalue weighted by atomic mass is 10.3. The van der Waals surface area contributed by atoms with Gasteiger partial charge in [-0.3, -0.25) is 10.1 Å². The highest BCUT2D eigenvalue weighted by atomic mass is 32.2. The zero-order chi connectivity index (χ0) is 10.7.